The SMILES string of the molecule is O=C(COC(=O)c1ccc(Cl)cc1)c1ccc(Br)cc1.O=C(COC(=O)c1ccc(Cl)cc1)c1ccc(Br)cc1.O=C(COC(=O)c1ccc(Cl)cc1)c1ccc(Br)cc1. The molecule has 0 atom stereocenters. The Morgan fingerprint density at radius 1 is 0.317 bits per heavy atom. The van der Waals surface area contributed by atoms with E-state index in [4.69, 9.17) is 49.0 Å². The molecule has 0 aliphatic rings. The number of ether oxygens (including phenoxy) is 3. The van der Waals surface area contributed by atoms with Gasteiger partial charge < -0.3 is 14.2 Å². The topological polar surface area (TPSA) is 130 Å². The lowest BCUT2D eigenvalue weighted by atomic mass is 10.1. The van der Waals surface area contributed by atoms with Crippen LogP contribution in [0.4, 0.5) is 0 Å². The Labute approximate surface area is 385 Å². The fourth-order valence-corrected chi connectivity index (χ4v) is 5.73. The molecule has 0 aliphatic carbocycles. The monoisotopic (exact) mass is 1060 g/mol. The van der Waals surface area contributed by atoms with Gasteiger partial charge in [0.15, 0.2) is 37.2 Å². The summed E-state index contributed by atoms with van der Waals surface area (Å²) < 4.78 is 17.6. The summed E-state index contributed by atoms with van der Waals surface area (Å²) in [6.45, 7) is -0.866. The number of rotatable bonds is 12. The lowest BCUT2D eigenvalue weighted by molar-refractivity contribution is 0.0472. The predicted octanol–water partition coefficient (Wildman–Crippen LogP) is 12.4. The molecule has 0 amide bonds. The van der Waals surface area contributed by atoms with Gasteiger partial charge >= 0.3 is 17.9 Å². The van der Waals surface area contributed by atoms with E-state index in [0.29, 0.717) is 48.4 Å². The fraction of sp³-hybridized carbons (Fsp3) is 0.0667. The number of ketones is 3. The van der Waals surface area contributed by atoms with Crippen molar-refractivity contribution in [3.05, 3.63) is 207 Å². The molecule has 6 rings (SSSR count). The zero-order valence-corrected chi connectivity index (χ0v) is 37.9. The highest BCUT2D eigenvalue weighted by Crippen LogP contribution is 2.16. The van der Waals surface area contributed by atoms with Gasteiger partial charge in [-0.3, -0.25) is 14.4 Å². The lowest BCUT2D eigenvalue weighted by Crippen LogP contribution is -2.14. The molecule has 0 aliphatic heterocycles. The Hall–Kier alpha value is -4.95. The van der Waals surface area contributed by atoms with E-state index in [1.807, 2.05) is 0 Å². The molecule has 0 radical (unpaired) electrons. The largest absolute Gasteiger partial charge is 0.454 e. The van der Waals surface area contributed by atoms with Crippen molar-refractivity contribution in [3.63, 3.8) is 0 Å². The summed E-state index contributed by atoms with van der Waals surface area (Å²) in [5.74, 6) is -2.40. The zero-order chi connectivity index (χ0) is 43.6. The maximum atomic E-state index is 11.8. The Morgan fingerprint density at radius 3 is 0.700 bits per heavy atom. The highest BCUT2D eigenvalue weighted by Gasteiger charge is 2.14. The van der Waals surface area contributed by atoms with Gasteiger partial charge in [-0.05, 0) is 109 Å². The molecule has 0 saturated heterocycles. The van der Waals surface area contributed by atoms with Gasteiger partial charge in [-0.15, -0.1) is 0 Å². The van der Waals surface area contributed by atoms with E-state index >= 15 is 0 Å². The van der Waals surface area contributed by atoms with Crippen LogP contribution in [-0.2, 0) is 14.2 Å². The number of carbonyl (C=O) groups is 6. The second-order valence-corrected chi connectivity index (χ2v) is 16.1. The molecule has 306 valence electrons. The first-order valence-electron chi connectivity index (χ1n) is 17.3. The quantitative estimate of drug-likeness (QED) is 0.0668. The molecule has 15 heteroatoms. The number of benzene rings is 6. The molecule has 0 aromatic heterocycles. The average molecular weight is 1060 g/mol. The van der Waals surface area contributed by atoms with E-state index in [0.717, 1.165) is 13.4 Å². The summed E-state index contributed by atoms with van der Waals surface area (Å²) in [4.78, 5) is 70.7. The molecule has 9 nitrogen and oxygen atoms in total. The minimum atomic E-state index is -0.549. The van der Waals surface area contributed by atoms with Gasteiger partial charge in [0.25, 0.3) is 0 Å². The van der Waals surface area contributed by atoms with Crippen LogP contribution in [-0.4, -0.2) is 55.1 Å². The van der Waals surface area contributed by atoms with Crippen molar-refractivity contribution in [2.24, 2.45) is 0 Å². The van der Waals surface area contributed by atoms with Crippen LogP contribution in [0.5, 0.6) is 0 Å². The lowest BCUT2D eigenvalue weighted by Gasteiger charge is -2.04. The van der Waals surface area contributed by atoms with Gasteiger partial charge in [-0.25, -0.2) is 14.4 Å². The molecule has 0 fully saturated rings. The standard InChI is InChI=1S/3C15H10BrClO3/c3*16-12-5-1-10(2-6-12)14(18)9-20-15(19)11-3-7-13(17)8-4-11/h3*1-8H,9H2. The maximum Gasteiger partial charge on any atom is 0.338 e. The molecule has 0 N–H and O–H groups in total. The Balaban J connectivity index is 0.000000198. The van der Waals surface area contributed by atoms with Crippen molar-refractivity contribution in [2.75, 3.05) is 19.8 Å². The molecule has 0 unspecified atom stereocenters. The normalized spacial score (nSPS) is 10.1. The van der Waals surface area contributed by atoms with Crippen LogP contribution in [0.1, 0.15) is 62.1 Å². The van der Waals surface area contributed by atoms with Gasteiger partial charge in [0.05, 0.1) is 16.7 Å². The van der Waals surface area contributed by atoms with E-state index in [9.17, 15) is 28.8 Å². The Morgan fingerprint density at radius 2 is 0.500 bits per heavy atom. The summed E-state index contributed by atoms with van der Waals surface area (Å²) in [5.41, 5.74) is 2.57. The predicted molar refractivity (Wildman–Crippen MR) is 241 cm³/mol. The van der Waals surface area contributed by atoms with E-state index in [-0.39, 0.29) is 37.2 Å². The van der Waals surface area contributed by atoms with E-state index in [1.54, 1.807) is 146 Å². The van der Waals surface area contributed by atoms with Gasteiger partial charge in [0.1, 0.15) is 0 Å². The first-order chi connectivity index (χ1) is 28.7. The minimum absolute atomic E-state index is 0.250. The summed E-state index contributed by atoms with van der Waals surface area (Å²) in [5, 5.41) is 1.60. The van der Waals surface area contributed by atoms with Crippen molar-refractivity contribution in [1.29, 1.82) is 0 Å². The molecule has 6 aromatic rings. The Bertz CT molecular complexity index is 1960. The van der Waals surface area contributed by atoms with Crippen LogP contribution < -0.4 is 0 Å². The van der Waals surface area contributed by atoms with Crippen LogP contribution in [0.2, 0.25) is 15.1 Å². The van der Waals surface area contributed by atoms with Crippen molar-refractivity contribution < 1.29 is 43.0 Å². The number of hydrogen-bond acceptors (Lipinski definition) is 9. The minimum Gasteiger partial charge on any atom is -0.454 e. The third kappa shape index (κ3) is 16.2. The molecule has 0 heterocycles. The van der Waals surface area contributed by atoms with Crippen LogP contribution in [0.25, 0.3) is 0 Å². The van der Waals surface area contributed by atoms with Crippen LogP contribution in [0, 0.1) is 0 Å². The van der Waals surface area contributed by atoms with Gasteiger partial charge in [-0.2, -0.15) is 0 Å². The number of hydrogen-bond donors (Lipinski definition) is 0. The molecule has 0 saturated carbocycles. The van der Waals surface area contributed by atoms with Crippen LogP contribution in [0.3, 0.4) is 0 Å². The second kappa shape index (κ2) is 24.3. The first kappa shape index (κ1) is 47.7. The molecule has 60 heavy (non-hydrogen) atoms. The molecule has 0 spiro atoms. The van der Waals surface area contributed by atoms with E-state index in [2.05, 4.69) is 47.8 Å². The average Bonchev–Trinajstić information content (AvgIpc) is 3.25. The number of carbonyl (C=O) groups excluding carboxylic acids is 6. The second-order valence-electron chi connectivity index (χ2n) is 12.0. The van der Waals surface area contributed by atoms with Crippen molar-refractivity contribution in [2.45, 2.75) is 0 Å². The van der Waals surface area contributed by atoms with E-state index in [1.165, 1.54) is 0 Å². The molecular weight excluding hydrogens is 1030 g/mol. The molecule has 6 aromatic carbocycles. The molecular formula is C45H30Br3Cl3O9. The van der Waals surface area contributed by atoms with Gasteiger partial charge in [0.2, 0.25) is 0 Å². The maximum absolute atomic E-state index is 11.8. The summed E-state index contributed by atoms with van der Waals surface area (Å²) in [6.07, 6.45) is 0. The zero-order valence-electron chi connectivity index (χ0n) is 30.9. The number of Topliss-reactive ketones (excluding diaryl/α,β-unsaturated/α-hetero) is 3. The highest BCUT2D eigenvalue weighted by atomic mass is 79.9. The number of halogens is 6. The summed E-state index contributed by atoms with van der Waals surface area (Å²) >= 11 is 27.0. The van der Waals surface area contributed by atoms with Crippen LogP contribution in [0.15, 0.2) is 159 Å². The number of esters is 3. The third-order valence-corrected chi connectivity index (χ3v) is 10.1. The van der Waals surface area contributed by atoms with Crippen molar-refractivity contribution in [3.8, 4) is 0 Å². The smallest absolute Gasteiger partial charge is 0.338 e. The van der Waals surface area contributed by atoms with E-state index < -0.39 is 17.9 Å². The van der Waals surface area contributed by atoms with Crippen molar-refractivity contribution >= 4 is 118 Å². The first-order valence-corrected chi connectivity index (χ1v) is 20.8. The van der Waals surface area contributed by atoms with Gasteiger partial charge in [0, 0.05) is 45.2 Å². The summed E-state index contributed by atoms with van der Waals surface area (Å²) in [7, 11) is 0. The van der Waals surface area contributed by atoms with Crippen molar-refractivity contribution in [1.82, 2.24) is 0 Å². The van der Waals surface area contributed by atoms with Crippen LogP contribution >= 0.6 is 82.6 Å². The highest BCUT2D eigenvalue weighted by molar-refractivity contribution is 9.11. The molecule has 0 bridgehead atoms. The third-order valence-electron chi connectivity index (χ3n) is 7.74. The fourth-order valence-electron chi connectivity index (χ4n) is 4.56. The van der Waals surface area contributed by atoms with Gasteiger partial charge in [-0.1, -0.05) is 119 Å². The summed E-state index contributed by atoms with van der Waals surface area (Å²) in [6, 6.07) is 39.4. The Kier molecular flexibility index (Phi) is 19.4.